The highest BCUT2D eigenvalue weighted by Crippen LogP contribution is 2.30. The van der Waals surface area contributed by atoms with Crippen molar-refractivity contribution in [2.75, 3.05) is 47.5 Å². The molecule has 5 rings (SSSR count). The van der Waals surface area contributed by atoms with E-state index in [9.17, 15) is 18.4 Å². The number of hydrogen-bond donors (Lipinski definition) is 2. The number of rotatable bonds is 6. The molecule has 1 fully saturated rings. The van der Waals surface area contributed by atoms with Crippen molar-refractivity contribution < 1.29 is 18.4 Å². The zero-order valence-electron chi connectivity index (χ0n) is 19.5. The van der Waals surface area contributed by atoms with Crippen molar-refractivity contribution in [1.82, 2.24) is 4.90 Å². The zero-order valence-corrected chi connectivity index (χ0v) is 20.4. The SMILES string of the molecule is O=C1Nc2cc(C(=O)N3CCN(c4ccc(F)cc4)CC3)ccc2NC1CSCc1ccc(F)cc1. The largest absolute Gasteiger partial charge is 0.371 e. The maximum absolute atomic E-state index is 13.2. The number of nitrogens with one attached hydrogen (secondary N) is 2. The number of fused-ring (bicyclic) bond motifs is 1. The van der Waals surface area contributed by atoms with Gasteiger partial charge in [-0.25, -0.2) is 8.78 Å². The Morgan fingerprint density at radius 3 is 2.25 bits per heavy atom. The molecule has 6 nitrogen and oxygen atoms in total. The average molecular weight is 509 g/mol. The third kappa shape index (κ3) is 5.46. The molecule has 186 valence electrons. The first-order valence-electron chi connectivity index (χ1n) is 11.8. The fraction of sp³-hybridized carbons (Fsp3) is 0.259. The molecule has 2 heterocycles. The molecular weight excluding hydrogens is 482 g/mol. The van der Waals surface area contributed by atoms with Crippen LogP contribution in [0.5, 0.6) is 0 Å². The fourth-order valence-electron chi connectivity index (χ4n) is 4.37. The molecule has 0 bridgehead atoms. The molecule has 2 aliphatic rings. The first kappa shape index (κ1) is 24.1. The van der Waals surface area contributed by atoms with Gasteiger partial charge in [-0.05, 0) is 60.2 Å². The first-order chi connectivity index (χ1) is 17.5. The van der Waals surface area contributed by atoms with E-state index in [1.165, 1.54) is 24.3 Å². The Labute approximate surface area is 212 Å². The highest BCUT2D eigenvalue weighted by atomic mass is 32.2. The van der Waals surface area contributed by atoms with Crippen molar-refractivity contribution >= 4 is 40.6 Å². The summed E-state index contributed by atoms with van der Waals surface area (Å²) >= 11 is 1.59. The van der Waals surface area contributed by atoms with Crippen LogP contribution in [0.15, 0.2) is 66.7 Å². The van der Waals surface area contributed by atoms with Gasteiger partial charge in [0.25, 0.3) is 5.91 Å². The standard InChI is InChI=1S/C27H26F2N4O2S/c28-20-4-1-18(2-5-20)16-36-17-25-26(34)31-24-15-19(3-10-23(24)30-25)27(35)33-13-11-32(12-14-33)22-8-6-21(29)7-9-22/h1-10,15,25,30H,11-14,16-17H2,(H,31,34). The van der Waals surface area contributed by atoms with Gasteiger partial charge in [-0.1, -0.05) is 12.1 Å². The van der Waals surface area contributed by atoms with Crippen molar-refractivity contribution in [2.24, 2.45) is 0 Å². The summed E-state index contributed by atoms with van der Waals surface area (Å²) in [4.78, 5) is 29.7. The van der Waals surface area contributed by atoms with E-state index >= 15 is 0 Å². The maximum Gasteiger partial charge on any atom is 0.254 e. The van der Waals surface area contributed by atoms with Crippen LogP contribution >= 0.6 is 11.8 Å². The molecule has 2 amide bonds. The normalized spacial score (nSPS) is 17.3. The van der Waals surface area contributed by atoms with Crippen LogP contribution < -0.4 is 15.5 Å². The van der Waals surface area contributed by atoms with Crippen LogP contribution in [0, 0.1) is 11.6 Å². The highest BCUT2D eigenvalue weighted by molar-refractivity contribution is 7.98. The van der Waals surface area contributed by atoms with E-state index < -0.39 is 6.04 Å². The lowest BCUT2D eigenvalue weighted by atomic mass is 10.1. The minimum absolute atomic E-state index is 0.0808. The molecule has 1 saturated heterocycles. The van der Waals surface area contributed by atoms with Crippen molar-refractivity contribution in [1.29, 1.82) is 0 Å². The molecule has 2 N–H and O–H groups in total. The summed E-state index contributed by atoms with van der Waals surface area (Å²) in [6.45, 7) is 2.45. The summed E-state index contributed by atoms with van der Waals surface area (Å²) in [7, 11) is 0. The van der Waals surface area contributed by atoms with E-state index in [1.807, 2.05) is 6.07 Å². The minimum Gasteiger partial charge on any atom is -0.371 e. The first-order valence-corrected chi connectivity index (χ1v) is 13.0. The van der Waals surface area contributed by atoms with Crippen molar-refractivity contribution in [3.05, 3.63) is 89.5 Å². The Morgan fingerprint density at radius 2 is 1.56 bits per heavy atom. The number of nitrogens with zero attached hydrogens (tertiary/aromatic N) is 2. The van der Waals surface area contributed by atoms with Gasteiger partial charge in [-0.2, -0.15) is 11.8 Å². The molecule has 3 aromatic rings. The molecule has 2 aliphatic heterocycles. The number of anilines is 3. The van der Waals surface area contributed by atoms with E-state index in [0.717, 1.165) is 16.9 Å². The van der Waals surface area contributed by atoms with E-state index in [-0.39, 0.29) is 23.4 Å². The summed E-state index contributed by atoms with van der Waals surface area (Å²) in [5, 5.41) is 6.19. The molecule has 0 radical (unpaired) electrons. The quantitative estimate of drug-likeness (QED) is 0.510. The Bertz CT molecular complexity index is 1250. The van der Waals surface area contributed by atoms with Crippen LogP contribution in [-0.4, -0.2) is 54.7 Å². The van der Waals surface area contributed by atoms with Gasteiger partial charge >= 0.3 is 0 Å². The summed E-state index contributed by atoms with van der Waals surface area (Å²) in [6.07, 6.45) is 0. The van der Waals surface area contributed by atoms with Gasteiger partial charge in [0.05, 0.1) is 11.4 Å². The number of thioether (sulfide) groups is 1. The van der Waals surface area contributed by atoms with Gasteiger partial charge in [0, 0.05) is 48.9 Å². The van der Waals surface area contributed by atoms with E-state index in [2.05, 4.69) is 15.5 Å². The average Bonchev–Trinajstić information content (AvgIpc) is 2.90. The Hall–Kier alpha value is -3.59. The lowest BCUT2D eigenvalue weighted by Gasteiger charge is -2.36. The lowest BCUT2D eigenvalue weighted by molar-refractivity contribution is -0.116. The second-order valence-corrected chi connectivity index (χ2v) is 9.87. The van der Waals surface area contributed by atoms with Crippen molar-refractivity contribution in [3.8, 4) is 0 Å². The van der Waals surface area contributed by atoms with Crippen LogP contribution in [0.3, 0.4) is 0 Å². The molecule has 0 spiro atoms. The van der Waals surface area contributed by atoms with Crippen molar-refractivity contribution in [3.63, 3.8) is 0 Å². The van der Waals surface area contributed by atoms with Gasteiger partial charge in [0.15, 0.2) is 0 Å². The van der Waals surface area contributed by atoms with Gasteiger partial charge in [-0.15, -0.1) is 0 Å². The summed E-state index contributed by atoms with van der Waals surface area (Å²) in [6, 6.07) is 17.7. The maximum atomic E-state index is 13.2. The fourth-order valence-corrected chi connectivity index (χ4v) is 5.39. The second-order valence-electron chi connectivity index (χ2n) is 8.84. The van der Waals surface area contributed by atoms with Crippen LogP contribution in [-0.2, 0) is 10.5 Å². The Balaban J connectivity index is 1.16. The van der Waals surface area contributed by atoms with E-state index in [4.69, 9.17) is 0 Å². The van der Waals surface area contributed by atoms with Crippen LogP contribution in [0.2, 0.25) is 0 Å². The number of halogens is 2. The zero-order chi connectivity index (χ0) is 25.1. The smallest absolute Gasteiger partial charge is 0.254 e. The van der Waals surface area contributed by atoms with Crippen molar-refractivity contribution in [2.45, 2.75) is 11.8 Å². The number of benzene rings is 3. The number of carbonyl (C=O) groups is 2. The highest BCUT2D eigenvalue weighted by Gasteiger charge is 2.27. The number of hydrogen-bond acceptors (Lipinski definition) is 5. The topological polar surface area (TPSA) is 64.7 Å². The molecule has 9 heteroatoms. The number of carbonyl (C=O) groups excluding carboxylic acids is 2. The van der Waals surface area contributed by atoms with E-state index in [0.29, 0.717) is 48.9 Å². The van der Waals surface area contributed by atoms with Gasteiger partial charge in [0.2, 0.25) is 5.91 Å². The molecule has 1 atom stereocenters. The van der Waals surface area contributed by atoms with Gasteiger partial charge in [0.1, 0.15) is 17.7 Å². The second kappa shape index (κ2) is 10.6. The third-order valence-electron chi connectivity index (χ3n) is 6.40. The minimum atomic E-state index is -0.399. The van der Waals surface area contributed by atoms with Crippen LogP contribution in [0.4, 0.5) is 25.8 Å². The molecule has 36 heavy (non-hydrogen) atoms. The third-order valence-corrected chi connectivity index (χ3v) is 7.50. The monoisotopic (exact) mass is 508 g/mol. The summed E-state index contributed by atoms with van der Waals surface area (Å²) < 4.78 is 26.3. The Kier molecular flexibility index (Phi) is 7.09. The molecule has 1 unspecified atom stereocenters. The van der Waals surface area contributed by atoms with Gasteiger partial charge in [-0.3, -0.25) is 9.59 Å². The molecular formula is C27H26F2N4O2S. The van der Waals surface area contributed by atoms with Crippen LogP contribution in [0.25, 0.3) is 0 Å². The van der Waals surface area contributed by atoms with Crippen LogP contribution in [0.1, 0.15) is 15.9 Å². The molecule has 0 saturated carbocycles. The van der Waals surface area contributed by atoms with Gasteiger partial charge < -0.3 is 20.4 Å². The predicted octanol–water partition coefficient (Wildman–Crippen LogP) is 4.59. The lowest BCUT2D eigenvalue weighted by Crippen LogP contribution is -2.48. The number of piperazine rings is 1. The predicted molar refractivity (Wildman–Crippen MR) is 140 cm³/mol. The summed E-state index contributed by atoms with van der Waals surface area (Å²) in [5.41, 5.74) is 3.83. The summed E-state index contributed by atoms with van der Waals surface area (Å²) in [5.74, 6) is 0.479. The molecule has 0 aromatic heterocycles. The van der Waals surface area contributed by atoms with E-state index in [1.54, 1.807) is 53.1 Å². The molecule has 3 aromatic carbocycles. The molecule has 0 aliphatic carbocycles. The Morgan fingerprint density at radius 1 is 0.889 bits per heavy atom. The number of amides is 2.